The van der Waals surface area contributed by atoms with E-state index in [0.29, 0.717) is 35.7 Å². The molecule has 31 heavy (non-hydrogen) atoms. The number of nitrogens with one attached hydrogen (secondary N) is 1. The molecule has 2 N–H and O–H groups in total. The first kappa shape index (κ1) is 21.9. The van der Waals surface area contributed by atoms with Crippen molar-refractivity contribution in [3.63, 3.8) is 0 Å². The Labute approximate surface area is 181 Å². The van der Waals surface area contributed by atoms with Gasteiger partial charge in [-0.05, 0) is 61.2 Å². The predicted molar refractivity (Wildman–Crippen MR) is 114 cm³/mol. The van der Waals surface area contributed by atoms with Crippen LogP contribution in [0.2, 0.25) is 0 Å². The van der Waals surface area contributed by atoms with Gasteiger partial charge in [-0.1, -0.05) is 6.07 Å². The van der Waals surface area contributed by atoms with Gasteiger partial charge in [-0.25, -0.2) is 21.6 Å². The highest BCUT2D eigenvalue weighted by atomic mass is 32.2. The van der Waals surface area contributed by atoms with Gasteiger partial charge in [0.15, 0.2) is 11.5 Å². The number of benzene rings is 2. The van der Waals surface area contributed by atoms with Crippen molar-refractivity contribution < 1.29 is 31.4 Å². The number of aliphatic hydroxyl groups is 1. The first-order chi connectivity index (χ1) is 14.8. The third kappa shape index (κ3) is 4.79. The summed E-state index contributed by atoms with van der Waals surface area (Å²) in [7, 11) is -7.15. The molecule has 2 aliphatic heterocycles. The van der Waals surface area contributed by atoms with E-state index in [9.17, 15) is 21.9 Å². The lowest BCUT2D eigenvalue weighted by molar-refractivity contribution is 0.166. The molecule has 9 nitrogen and oxygen atoms in total. The number of nitrogens with zero attached hydrogens (tertiary/aromatic N) is 1. The highest BCUT2D eigenvalue weighted by Crippen LogP contribution is 2.34. The zero-order valence-corrected chi connectivity index (χ0v) is 18.4. The third-order valence-electron chi connectivity index (χ3n) is 5.28. The Morgan fingerprint density at radius 3 is 2.55 bits per heavy atom. The summed E-state index contributed by atoms with van der Waals surface area (Å²) in [5.41, 5.74) is 1.06. The number of aliphatic hydroxyl groups excluding tert-OH is 1. The van der Waals surface area contributed by atoms with Gasteiger partial charge in [-0.2, -0.15) is 0 Å². The molecule has 2 heterocycles. The Morgan fingerprint density at radius 1 is 1.06 bits per heavy atom. The molecule has 0 aliphatic carbocycles. The van der Waals surface area contributed by atoms with E-state index in [1.165, 1.54) is 28.6 Å². The van der Waals surface area contributed by atoms with Crippen LogP contribution in [0.1, 0.15) is 30.9 Å². The van der Waals surface area contributed by atoms with Crippen molar-refractivity contribution >= 4 is 25.7 Å². The van der Waals surface area contributed by atoms with E-state index < -0.39 is 26.2 Å². The second-order valence-corrected chi connectivity index (χ2v) is 11.2. The van der Waals surface area contributed by atoms with Gasteiger partial charge >= 0.3 is 0 Å². The molecule has 0 saturated carbocycles. The molecular formula is C20H24N2O7S2. The van der Waals surface area contributed by atoms with Crippen LogP contribution in [0.15, 0.2) is 47.4 Å². The molecule has 1 fully saturated rings. The van der Waals surface area contributed by atoms with Crippen molar-refractivity contribution in [3.8, 4) is 11.5 Å². The summed E-state index contributed by atoms with van der Waals surface area (Å²) in [5.74, 6) is 1.26. The molecule has 11 heteroatoms. The summed E-state index contributed by atoms with van der Waals surface area (Å²) >= 11 is 0. The summed E-state index contributed by atoms with van der Waals surface area (Å²) in [4.78, 5) is 0.0308. The van der Waals surface area contributed by atoms with Crippen LogP contribution in [0.3, 0.4) is 0 Å². The Morgan fingerprint density at radius 2 is 1.81 bits per heavy atom. The molecule has 4 rings (SSSR count). The highest BCUT2D eigenvalue weighted by Gasteiger charge is 2.26. The number of hydrogen-bond acceptors (Lipinski definition) is 7. The largest absolute Gasteiger partial charge is 0.454 e. The molecule has 0 spiro atoms. The Kier molecular flexibility index (Phi) is 6.11. The van der Waals surface area contributed by atoms with Crippen LogP contribution in [0.25, 0.3) is 0 Å². The van der Waals surface area contributed by atoms with Gasteiger partial charge in [-0.15, -0.1) is 0 Å². The third-order valence-corrected chi connectivity index (χ3v) is 8.62. The molecular weight excluding hydrogens is 444 g/mol. The average Bonchev–Trinajstić information content (AvgIpc) is 3.21. The molecule has 0 amide bonds. The lowest BCUT2D eigenvalue weighted by Crippen LogP contribution is -2.37. The van der Waals surface area contributed by atoms with Crippen LogP contribution in [-0.2, 0) is 20.0 Å². The number of anilines is 1. The fourth-order valence-corrected chi connectivity index (χ4v) is 6.26. The summed E-state index contributed by atoms with van der Waals surface area (Å²) in [5, 5.41) is 10.4. The molecule has 168 valence electrons. The second kappa shape index (κ2) is 8.65. The topological polar surface area (TPSA) is 122 Å². The minimum atomic E-state index is -3.80. The van der Waals surface area contributed by atoms with Crippen LogP contribution < -0.4 is 18.5 Å². The van der Waals surface area contributed by atoms with E-state index in [1.807, 2.05) is 0 Å². The van der Waals surface area contributed by atoms with E-state index in [2.05, 4.69) is 4.72 Å². The van der Waals surface area contributed by atoms with Crippen molar-refractivity contribution in [2.24, 2.45) is 0 Å². The maximum atomic E-state index is 12.6. The van der Waals surface area contributed by atoms with Gasteiger partial charge in [0.1, 0.15) is 0 Å². The smallest absolute Gasteiger partial charge is 0.240 e. The van der Waals surface area contributed by atoms with Gasteiger partial charge in [-0.3, -0.25) is 4.31 Å². The van der Waals surface area contributed by atoms with Gasteiger partial charge < -0.3 is 14.6 Å². The standard InChI is InChI=1S/C20H24N2O7S2/c23-18(15-3-8-19-20(13-15)29-14-28-19)9-10-21-31(26,27)17-6-4-16(5-7-17)22-11-1-2-12-30(22,24)25/h3-8,13,18,21,23H,1-2,9-12,14H2. The average molecular weight is 469 g/mol. The molecule has 0 aromatic heterocycles. The van der Waals surface area contributed by atoms with Crippen LogP contribution in [0, 0.1) is 0 Å². The number of hydrogen-bond donors (Lipinski definition) is 2. The Bertz CT molecular complexity index is 1150. The molecule has 1 atom stereocenters. The van der Waals surface area contributed by atoms with Gasteiger partial charge in [0.2, 0.25) is 26.8 Å². The SMILES string of the molecule is O=S(=O)(NCCC(O)c1ccc2c(c1)OCO2)c1ccc(N2CCCCS2(=O)=O)cc1. The molecule has 0 radical (unpaired) electrons. The first-order valence-corrected chi connectivity index (χ1v) is 13.0. The minimum Gasteiger partial charge on any atom is -0.454 e. The number of rotatable bonds is 7. The van der Waals surface area contributed by atoms with E-state index in [-0.39, 0.29) is 30.4 Å². The lowest BCUT2D eigenvalue weighted by atomic mass is 10.1. The van der Waals surface area contributed by atoms with Gasteiger partial charge in [0.25, 0.3) is 0 Å². The van der Waals surface area contributed by atoms with E-state index in [1.54, 1.807) is 18.2 Å². The quantitative estimate of drug-likeness (QED) is 0.635. The van der Waals surface area contributed by atoms with Crippen molar-refractivity contribution in [3.05, 3.63) is 48.0 Å². The first-order valence-electron chi connectivity index (χ1n) is 9.94. The molecule has 1 unspecified atom stereocenters. The number of sulfonamides is 2. The summed E-state index contributed by atoms with van der Waals surface area (Å²) in [6.45, 7) is 0.557. The number of fused-ring (bicyclic) bond motifs is 1. The lowest BCUT2D eigenvalue weighted by Gasteiger charge is -2.28. The predicted octanol–water partition coefficient (Wildman–Crippen LogP) is 1.75. The van der Waals surface area contributed by atoms with Crippen LogP contribution in [-0.4, -0.2) is 47.6 Å². The van der Waals surface area contributed by atoms with Gasteiger partial charge in [0, 0.05) is 13.1 Å². The molecule has 0 bridgehead atoms. The monoisotopic (exact) mass is 468 g/mol. The summed E-state index contributed by atoms with van der Waals surface area (Å²) < 4.78 is 63.8. The Hall–Kier alpha value is -2.34. The van der Waals surface area contributed by atoms with E-state index in [0.717, 1.165) is 6.42 Å². The van der Waals surface area contributed by atoms with Crippen molar-refractivity contribution in [1.82, 2.24) is 4.72 Å². The Balaban J connectivity index is 1.36. The zero-order valence-electron chi connectivity index (χ0n) is 16.7. The summed E-state index contributed by atoms with van der Waals surface area (Å²) in [6.07, 6.45) is 0.701. The van der Waals surface area contributed by atoms with Crippen molar-refractivity contribution in [2.45, 2.75) is 30.3 Å². The fraction of sp³-hybridized carbons (Fsp3) is 0.400. The molecule has 2 aromatic carbocycles. The normalized spacial score (nSPS) is 18.7. The molecule has 2 aromatic rings. The fourth-order valence-electron chi connectivity index (χ4n) is 3.57. The molecule has 1 saturated heterocycles. The summed E-state index contributed by atoms with van der Waals surface area (Å²) in [6, 6.07) is 10.9. The maximum Gasteiger partial charge on any atom is 0.240 e. The maximum absolute atomic E-state index is 12.6. The van der Waals surface area contributed by atoms with Crippen LogP contribution in [0.4, 0.5) is 5.69 Å². The minimum absolute atomic E-state index is 0.0280. The zero-order chi connectivity index (χ0) is 22.1. The van der Waals surface area contributed by atoms with Crippen LogP contribution >= 0.6 is 0 Å². The van der Waals surface area contributed by atoms with Gasteiger partial charge in [0.05, 0.1) is 22.4 Å². The van der Waals surface area contributed by atoms with Crippen LogP contribution in [0.5, 0.6) is 11.5 Å². The van der Waals surface area contributed by atoms with E-state index >= 15 is 0 Å². The second-order valence-electron chi connectivity index (χ2n) is 7.40. The van der Waals surface area contributed by atoms with Crippen molar-refractivity contribution in [1.29, 1.82) is 0 Å². The highest BCUT2D eigenvalue weighted by molar-refractivity contribution is 7.92. The number of ether oxygens (including phenoxy) is 2. The van der Waals surface area contributed by atoms with Crippen molar-refractivity contribution in [2.75, 3.05) is 29.9 Å². The molecule has 2 aliphatic rings. The van der Waals surface area contributed by atoms with E-state index in [4.69, 9.17) is 9.47 Å².